The van der Waals surface area contributed by atoms with Gasteiger partial charge in [0.15, 0.2) is 0 Å². The molecule has 1 amide bonds. The van der Waals surface area contributed by atoms with Crippen molar-refractivity contribution in [1.29, 1.82) is 0 Å². The predicted octanol–water partition coefficient (Wildman–Crippen LogP) is 2.85. The summed E-state index contributed by atoms with van der Waals surface area (Å²) in [4.78, 5) is 16.2. The van der Waals surface area contributed by atoms with Gasteiger partial charge >= 0.3 is 0 Å². The Kier molecular flexibility index (Phi) is 5.08. The summed E-state index contributed by atoms with van der Waals surface area (Å²) in [6, 6.07) is 6.96. The van der Waals surface area contributed by atoms with E-state index in [9.17, 15) is 4.79 Å². The Balaban J connectivity index is 2.06. The van der Waals surface area contributed by atoms with Crippen LogP contribution in [0.5, 0.6) is 0 Å². The fourth-order valence-corrected chi connectivity index (χ4v) is 2.23. The van der Waals surface area contributed by atoms with Crippen LogP contribution in [0.2, 0.25) is 0 Å². The minimum Gasteiger partial charge on any atom is -0.344 e. The van der Waals surface area contributed by atoms with Gasteiger partial charge < -0.3 is 5.32 Å². The molecule has 0 bridgehead atoms. The largest absolute Gasteiger partial charge is 0.344 e. The highest BCUT2D eigenvalue weighted by Gasteiger charge is 2.13. The molecule has 7 heteroatoms. The second-order valence-corrected chi connectivity index (χ2v) is 5.76. The minimum atomic E-state index is -0.252. The molecule has 0 saturated carbocycles. The van der Waals surface area contributed by atoms with E-state index >= 15 is 0 Å². The molecular formula is C13H13BrN4OS. The Morgan fingerprint density at radius 2 is 2.20 bits per heavy atom. The van der Waals surface area contributed by atoms with Crippen LogP contribution in [0.25, 0.3) is 0 Å². The highest BCUT2D eigenvalue weighted by molar-refractivity contribution is 9.10. The number of carbonyl (C=O) groups is 1. The Morgan fingerprint density at radius 1 is 1.40 bits per heavy atom. The number of halogens is 1. The summed E-state index contributed by atoms with van der Waals surface area (Å²) >= 11 is 4.77. The predicted molar refractivity (Wildman–Crippen MR) is 81.6 cm³/mol. The van der Waals surface area contributed by atoms with Crippen LogP contribution in [-0.2, 0) is 0 Å². The highest BCUT2D eigenvalue weighted by atomic mass is 79.9. The molecule has 0 aliphatic rings. The number of nitrogens with zero attached hydrogens (tertiary/aromatic N) is 3. The lowest BCUT2D eigenvalue weighted by atomic mass is 10.2. The fraction of sp³-hybridized carbons (Fsp3) is 0.231. The Morgan fingerprint density at radius 3 is 2.80 bits per heavy atom. The van der Waals surface area contributed by atoms with Crippen LogP contribution in [0.15, 0.2) is 40.1 Å². The van der Waals surface area contributed by atoms with Gasteiger partial charge in [0.2, 0.25) is 5.16 Å². The van der Waals surface area contributed by atoms with E-state index in [1.165, 1.54) is 11.8 Å². The number of aromatic nitrogens is 3. The maximum Gasteiger partial charge on any atom is 0.251 e. The van der Waals surface area contributed by atoms with Crippen LogP contribution in [0.3, 0.4) is 0 Å². The summed E-state index contributed by atoms with van der Waals surface area (Å²) in [5.41, 5.74) is 1.22. The van der Waals surface area contributed by atoms with Gasteiger partial charge in [0.1, 0.15) is 5.69 Å². The molecule has 1 atom stereocenters. The summed E-state index contributed by atoms with van der Waals surface area (Å²) in [5.74, 6) is -0.158. The molecule has 1 aromatic heterocycles. The topological polar surface area (TPSA) is 67.8 Å². The number of rotatable bonds is 4. The van der Waals surface area contributed by atoms with Gasteiger partial charge in [0, 0.05) is 10.0 Å². The quantitative estimate of drug-likeness (QED) is 0.856. The molecule has 104 valence electrons. The van der Waals surface area contributed by atoms with Crippen molar-refractivity contribution in [3.8, 4) is 0 Å². The first-order valence-corrected chi connectivity index (χ1v) is 7.92. The van der Waals surface area contributed by atoms with Crippen molar-refractivity contribution in [1.82, 2.24) is 20.5 Å². The van der Waals surface area contributed by atoms with Gasteiger partial charge in [-0.2, -0.15) is 0 Å². The normalized spacial score (nSPS) is 11.9. The Hall–Kier alpha value is -1.47. The fourth-order valence-electron chi connectivity index (χ4n) is 1.55. The second kappa shape index (κ2) is 6.81. The number of thioether (sulfide) groups is 1. The summed E-state index contributed by atoms with van der Waals surface area (Å²) in [6.07, 6.45) is 3.51. The standard InChI is InChI=1S/C13H13BrN4OS/c1-8(11-7-15-13(20-2)18-17-11)16-12(19)9-4-3-5-10(14)6-9/h3-8H,1-2H3,(H,16,19). The van der Waals surface area contributed by atoms with Crippen LogP contribution >= 0.6 is 27.7 Å². The van der Waals surface area contributed by atoms with Crippen LogP contribution in [0.1, 0.15) is 29.0 Å². The molecule has 1 aromatic carbocycles. The van der Waals surface area contributed by atoms with E-state index in [-0.39, 0.29) is 11.9 Å². The van der Waals surface area contributed by atoms with Crippen LogP contribution < -0.4 is 5.32 Å². The molecule has 5 nitrogen and oxygen atoms in total. The lowest BCUT2D eigenvalue weighted by molar-refractivity contribution is 0.0939. The van der Waals surface area contributed by atoms with Crippen molar-refractivity contribution in [2.45, 2.75) is 18.1 Å². The van der Waals surface area contributed by atoms with Crippen molar-refractivity contribution in [2.24, 2.45) is 0 Å². The first-order valence-electron chi connectivity index (χ1n) is 5.90. The van der Waals surface area contributed by atoms with Gasteiger partial charge in [-0.25, -0.2) is 4.98 Å². The number of carbonyl (C=O) groups excluding carboxylic acids is 1. The lowest BCUT2D eigenvalue weighted by Gasteiger charge is -2.12. The molecule has 0 radical (unpaired) electrons. The van der Waals surface area contributed by atoms with Crippen molar-refractivity contribution < 1.29 is 4.79 Å². The van der Waals surface area contributed by atoms with Gasteiger partial charge in [-0.1, -0.05) is 33.8 Å². The van der Waals surface area contributed by atoms with Gasteiger partial charge in [-0.05, 0) is 31.4 Å². The van der Waals surface area contributed by atoms with Crippen LogP contribution in [0.4, 0.5) is 0 Å². The average molecular weight is 353 g/mol. The molecule has 0 fully saturated rings. The van der Waals surface area contributed by atoms with Crippen LogP contribution in [-0.4, -0.2) is 27.3 Å². The van der Waals surface area contributed by atoms with Crippen molar-refractivity contribution in [3.05, 3.63) is 46.2 Å². The maximum atomic E-state index is 12.1. The molecule has 0 saturated heterocycles. The number of amides is 1. The zero-order valence-corrected chi connectivity index (χ0v) is 13.4. The molecular weight excluding hydrogens is 340 g/mol. The number of benzene rings is 1. The molecule has 2 rings (SSSR count). The summed E-state index contributed by atoms with van der Waals surface area (Å²) in [6.45, 7) is 1.85. The highest BCUT2D eigenvalue weighted by Crippen LogP contribution is 2.14. The number of hydrogen-bond donors (Lipinski definition) is 1. The molecule has 1 N–H and O–H groups in total. The van der Waals surface area contributed by atoms with Gasteiger partial charge in [-0.15, -0.1) is 10.2 Å². The molecule has 0 spiro atoms. The first kappa shape index (κ1) is 14.9. The monoisotopic (exact) mass is 352 g/mol. The Bertz CT molecular complexity index is 606. The van der Waals surface area contributed by atoms with Crippen molar-refractivity contribution in [3.63, 3.8) is 0 Å². The summed E-state index contributed by atoms with van der Waals surface area (Å²) in [7, 11) is 0. The van der Waals surface area contributed by atoms with Gasteiger partial charge in [0.25, 0.3) is 5.91 Å². The average Bonchev–Trinajstić information content (AvgIpc) is 2.47. The zero-order chi connectivity index (χ0) is 14.5. The number of hydrogen-bond acceptors (Lipinski definition) is 5. The van der Waals surface area contributed by atoms with E-state index in [4.69, 9.17) is 0 Å². The van der Waals surface area contributed by atoms with E-state index in [2.05, 4.69) is 36.4 Å². The third kappa shape index (κ3) is 3.77. The number of nitrogens with one attached hydrogen (secondary N) is 1. The van der Waals surface area contributed by atoms with E-state index in [1.807, 2.05) is 25.3 Å². The molecule has 1 heterocycles. The van der Waals surface area contributed by atoms with E-state index < -0.39 is 0 Å². The Labute approximate surface area is 129 Å². The third-order valence-corrected chi connectivity index (χ3v) is 3.66. The molecule has 0 aliphatic carbocycles. The first-order chi connectivity index (χ1) is 9.60. The van der Waals surface area contributed by atoms with E-state index in [0.717, 1.165) is 4.47 Å². The molecule has 20 heavy (non-hydrogen) atoms. The van der Waals surface area contributed by atoms with Gasteiger partial charge in [0.05, 0.1) is 12.2 Å². The lowest BCUT2D eigenvalue weighted by Crippen LogP contribution is -2.27. The summed E-state index contributed by atoms with van der Waals surface area (Å²) < 4.78 is 0.864. The maximum absolute atomic E-state index is 12.1. The summed E-state index contributed by atoms with van der Waals surface area (Å²) in [5, 5.41) is 11.5. The molecule has 0 aliphatic heterocycles. The van der Waals surface area contributed by atoms with Crippen LogP contribution in [0, 0.1) is 0 Å². The minimum absolute atomic E-state index is 0.158. The van der Waals surface area contributed by atoms with E-state index in [1.54, 1.807) is 18.3 Å². The molecule has 2 aromatic rings. The second-order valence-electron chi connectivity index (χ2n) is 4.08. The molecule has 1 unspecified atom stereocenters. The SMILES string of the molecule is CSc1ncc(C(C)NC(=O)c2cccc(Br)c2)nn1. The third-order valence-electron chi connectivity index (χ3n) is 2.62. The smallest absolute Gasteiger partial charge is 0.251 e. The van der Waals surface area contributed by atoms with Crippen molar-refractivity contribution in [2.75, 3.05) is 6.26 Å². The van der Waals surface area contributed by atoms with Crippen molar-refractivity contribution >= 4 is 33.6 Å². The van der Waals surface area contributed by atoms with E-state index in [0.29, 0.717) is 16.4 Å². The van der Waals surface area contributed by atoms with Gasteiger partial charge in [-0.3, -0.25) is 4.79 Å². The zero-order valence-electron chi connectivity index (χ0n) is 11.0.